The number of likely N-dealkylation sites (N-methyl/N-ethyl adjacent to an activating group) is 1. The second-order valence-corrected chi connectivity index (χ2v) is 6.60. The van der Waals surface area contributed by atoms with Crippen LogP contribution in [-0.4, -0.2) is 42.6 Å². The average Bonchev–Trinajstić information content (AvgIpc) is 2.44. The van der Waals surface area contributed by atoms with Gasteiger partial charge in [-0.3, -0.25) is 4.90 Å². The van der Waals surface area contributed by atoms with E-state index in [1.807, 2.05) is 0 Å². The fourth-order valence-electron chi connectivity index (χ4n) is 2.85. The second-order valence-electron chi connectivity index (χ2n) is 5.21. The first-order chi connectivity index (χ1) is 9.35. The third-order valence-electron chi connectivity index (χ3n) is 3.84. The van der Waals surface area contributed by atoms with Gasteiger partial charge in [0.1, 0.15) is 0 Å². The largest absolute Gasteiger partial charge is 0.318 e. The lowest BCUT2D eigenvalue weighted by Gasteiger charge is -2.37. The number of rotatable bonds is 7. The third-order valence-corrected chi connectivity index (χ3v) is 4.83. The molecule has 1 heterocycles. The number of nitrogens with zero attached hydrogens (tertiary/aromatic N) is 1. The number of hydrogen-bond donors (Lipinski definition) is 1. The van der Waals surface area contributed by atoms with Crippen LogP contribution >= 0.6 is 11.8 Å². The SMILES string of the molecule is CCSCCCN1Cc2ccccc2CC1CNC. The normalized spacial score (nSPS) is 19.4. The first kappa shape index (κ1) is 14.9. The van der Waals surface area contributed by atoms with Crippen LogP contribution in [0, 0.1) is 0 Å². The highest BCUT2D eigenvalue weighted by Gasteiger charge is 2.24. The van der Waals surface area contributed by atoms with Gasteiger partial charge in [-0.2, -0.15) is 11.8 Å². The average molecular weight is 278 g/mol. The molecule has 0 saturated heterocycles. The molecular formula is C16H26N2S. The molecule has 0 aromatic heterocycles. The lowest BCUT2D eigenvalue weighted by Crippen LogP contribution is -2.46. The Bertz CT molecular complexity index is 381. The van der Waals surface area contributed by atoms with Gasteiger partial charge in [-0.05, 0) is 49.1 Å². The Morgan fingerprint density at radius 2 is 2.11 bits per heavy atom. The maximum atomic E-state index is 3.35. The summed E-state index contributed by atoms with van der Waals surface area (Å²) in [6, 6.07) is 9.58. The lowest BCUT2D eigenvalue weighted by molar-refractivity contribution is 0.170. The molecule has 0 aliphatic carbocycles. The molecule has 1 aromatic carbocycles. The van der Waals surface area contributed by atoms with Crippen LogP contribution in [0.3, 0.4) is 0 Å². The van der Waals surface area contributed by atoms with Gasteiger partial charge in [0.05, 0.1) is 0 Å². The van der Waals surface area contributed by atoms with Crippen LogP contribution in [0.25, 0.3) is 0 Å². The summed E-state index contributed by atoms with van der Waals surface area (Å²) in [4.78, 5) is 2.66. The highest BCUT2D eigenvalue weighted by molar-refractivity contribution is 7.99. The summed E-state index contributed by atoms with van der Waals surface area (Å²) in [5.74, 6) is 2.53. The van der Waals surface area contributed by atoms with Crippen molar-refractivity contribution in [2.45, 2.75) is 32.4 Å². The summed E-state index contributed by atoms with van der Waals surface area (Å²) in [6.07, 6.45) is 2.50. The van der Waals surface area contributed by atoms with Crippen LogP contribution < -0.4 is 5.32 Å². The van der Waals surface area contributed by atoms with E-state index in [0.29, 0.717) is 6.04 Å². The van der Waals surface area contributed by atoms with Gasteiger partial charge in [-0.1, -0.05) is 31.2 Å². The molecule has 2 nitrogen and oxygen atoms in total. The van der Waals surface area contributed by atoms with Gasteiger partial charge in [0.25, 0.3) is 0 Å². The van der Waals surface area contributed by atoms with Crippen LogP contribution in [0.15, 0.2) is 24.3 Å². The van der Waals surface area contributed by atoms with Crippen LogP contribution in [0.1, 0.15) is 24.5 Å². The Balaban J connectivity index is 1.95. The topological polar surface area (TPSA) is 15.3 Å². The molecule has 2 rings (SSSR count). The molecule has 3 heteroatoms. The van der Waals surface area contributed by atoms with Crippen molar-refractivity contribution in [3.63, 3.8) is 0 Å². The summed E-state index contributed by atoms with van der Waals surface area (Å²) < 4.78 is 0. The number of hydrogen-bond acceptors (Lipinski definition) is 3. The Morgan fingerprint density at radius 1 is 1.32 bits per heavy atom. The van der Waals surface area contributed by atoms with Crippen molar-refractivity contribution in [2.24, 2.45) is 0 Å². The van der Waals surface area contributed by atoms with Gasteiger partial charge >= 0.3 is 0 Å². The molecule has 0 fully saturated rings. The molecule has 106 valence electrons. The van der Waals surface area contributed by atoms with Gasteiger partial charge < -0.3 is 5.32 Å². The number of thioether (sulfide) groups is 1. The van der Waals surface area contributed by atoms with E-state index < -0.39 is 0 Å². The molecule has 0 amide bonds. The van der Waals surface area contributed by atoms with Crippen LogP contribution in [-0.2, 0) is 13.0 Å². The Kier molecular flexibility index (Phi) is 6.21. The third kappa shape index (κ3) is 4.23. The van der Waals surface area contributed by atoms with E-state index in [1.165, 1.54) is 36.5 Å². The summed E-state index contributed by atoms with van der Waals surface area (Å²) >= 11 is 2.05. The smallest absolute Gasteiger partial charge is 0.0264 e. The Hall–Kier alpha value is -0.510. The van der Waals surface area contributed by atoms with Crippen molar-refractivity contribution in [1.29, 1.82) is 0 Å². The molecule has 19 heavy (non-hydrogen) atoms. The highest BCUT2D eigenvalue weighted by atomic mass is 32.2. The molecule has 1 aromatic rings. The van der Waals surface area contributed by atoms with E-state index in [2.05, 4.69) is 60.2 Å². The van der Waals surface area contributed by atoms with E-state index >= 15 is 0 Å². The second kappa shape index (κ2) is 7.93. The molecule has 0 spiro atoms. The molecule has 0 bridgehead atoms. The summed E-state index contributed by atoms with van der Waals surface area (Å²) in [5.41, 5.74) is 3.07. The zero-order valence-corrected chi connectivity index (χ0v) is 13.0. The fourth-order valence-corrected chi connectivity index (χ4v) is 3.48. The maximum Gasteiger partial charge on any atom is 0.0264 e. The zero-order valence-electron chi connectivity index (χ0n) is 12.2. The fraction of sp³-hybridized carbons (Fsp3) is 0.625. The van der Waals surface area contributed by atoms with E-state index in [-0.39, 0.29) is 0 Å². The van der Waals surface area contributed by atoms with Crippen LogP contribution in [0.5, 0.6) is 0 Å². The molecular weight excluding hydrogens is 252 g/mol. The molecule has 1 N–H and O–H groups in total. The van der Waals surface area contributed by atoms with Crippen LogP contribution in [0.2, 0.25) is 0 Å². The van der Waals surface area contributed by atoms with Crippen molar-refractivity contribution < 1.29 is 0 Å². The molecule has 0 saturated carbocycles. The quantitative estimate of drug-likeness (QED) is 0.772. The maximum absolute atomic E-state index is 3.35. The summed E-state index contributed by atoms with van der Waals surface area (Å²) in [6.45, 7) is 5.69. The first-order valence-corrected chi connectivity index (χ1v) is 8.53. The van der Waals surface area contributed by atoms with E-state index in [9.17, 15) is 0 Å². The molecule has 1 atom stereocenters. The zero-order chi connectivity index (χ0) is 13.5. The van der Waals surface area contributed by atoms with Crippen LogP contribution in [0.4, 0.5) is 0 Å². The molecule has 1 aliphatic rings. The summed E-state index contributed by atoms with van der Waals surface area (Å²) in [5, 5.41) is 3.35. The van der Waals surface area contributed by atoms with Gasteiger partial charge in [0, 0.05) is 19.1 Å². The lowest BCUT2D eigenvalue weighted by atomic mass is 9.94. The minimum atomic E-state index is 0.659. The monoisotopic (exact) mass is 278 g/mol. The van der Waals surface area contributed by atoms with Gasteiger partial charge in [0.2, 0.25) is 0 Å². The Morgan fingerprint density at radius 3 is 2.84 bits per heavy atom. The predicted octanol–water partition coefficient (Wildman–Crippen LogP) is 2.78. The molecule has 0 radical (unpaired) electrons. The minimum Gasteiger partial charge on any atom is -0.318 e. The van der Waals surface area contributed by atoms with Crippen molar-refractivity contribution in [3.05, 3.63) is 35.4 Å². The van der Waals surface area contributed by atoms with E-state index in [1.54, 1.807) is 5.56 Å². The van der Waals surface area contributed by atoms with Crippen molar-refractivity contribution in [2.75, 3.05) is 31.6 Å². The van der Waals surface area contributed by atoms with E-state index in [4.69, 9.17) is 0 Å². The number of fused-ring (bicyclic) bond motifs is 1. The minimum absolute atomic E-state index is 0.659. The predicted molar refractivity (Wildman–Crippen MR) is 85.9 cm³/mol. The van der Waals surface area contributed by atoms with E-state index in [0.717, 1.165) is 13.1 Å². The van der Waals surface area contributed by atoms with Gasteiger partial charge in [-0.15, -0.1) is 0 Å². The number of benzene rings is 1. The number of nitrogens with one attached hydrogen (secondary N) is 1. The van der Waals surface area contributed by atoms with Crippen molar-refractivity contribution in [3.8, 4) is 0 Å². The van der Waals surface area contributed by atoms with Crippen molar-refractivity contribution >= 4 is 11.8 Å². The highest BCUT2D eigenvalue weighted by Crippen LogP contribution is 2.23. The Labute approximate surface area is 122 Å². The standard InChI is InChI=1S/C16H26N2S/c1-3-19-10-6-9-18-13-15-8-5-4-7-14(15)11-16(18)12-17-2/h4-5,7-8,16-17H,3,6,9-13H2,1-2H3. The van der Waals surface area contributed by atoms with Gasteiger partial charge in [-0.25, -0.2) is 0 Å². The molecule has 1 unspecified atom stereocenters. The summed E-state index contributed by atoms with van der Waals surface area (Å²) in [7, 11) is 2.06. The van der Waals surface area contributed by atoms with Crippen molar-refractivity contribution in [1.82, 2.24) is 10.2 Å². The molecule has 1 aliphatic heterocycles. The first-order valence-electron chi connectivity index (χ1n) is 7.38. The van der Waals surface area contributed by atoms with Gasteiger partial charge in [0.15, 0.2) is 0 Å².